The lowest BCUT2D eigenvalue weighted by molar-refractivity contribution is 1.33. The average Bonchev–Trinajstić information content (AvgIpc) is 2.97. The van der Waals surface area contributed by atoms with Gasteiger partial charge in [0.1, 0.15) is 0 Å². The molecule has 0 saturated carbocycles. The Labute approximate surface area is 208 Å². The van der Waals surface area contributed by atoms with Crippen LogP contribution in [0.4, 0.5) is 0 Å². The van der Waals surface area contributed by atoms with Crippen molar-refractivity contribution in [2.24, 2.45) is 0 Å². The Morgan fingerprint density at radius 2 is 0.972 bits per heavy atom. The first kappa shape index (κ1) is 20.5. The Kier molecular flexibility index (Phi) is 4.78. The molecule has 3 heterocycles. The van der Waals surface area contributed by atoms with Crippen LogP contribution in [0.25, 0.3) is 66.4 Å². The van der Waals surface area contributed by atoms with E-state index >= 15 is 0 Å². The summed E-state index contributed by atoms with van der Waals surface area (Å²) in [4.78, 5) is 14.8. The smallest absolute Gasteiger partial charge is 0.0972 e. The van der Waals surface area contributed by atoms with Gasteiger partial charge in [0.05, 0.1) is 28.1 Å². The Balaban J connectivity index is 1.44. The zero-order chi connectivity index (χ0) is 23.9. The van der Waals surface area contributed by atoms with Gasteiger partial charge in [-0.1, -0.05) is 97.1 Å². The molecule has 7 aromatic rings. The second-order valence-electron chi connectivity index (χ2n) is 8.89. The standard InChI is InChI=1S/C33H21N3/c1-2-8-22(9-3-1)29-19-17-23-15-16-24-18-20-31(36-33(24)32(23)35-29)28-13-7-10-25-26(28)11-6-12-27(25)30-14-4-5-21-34-30/h1-21H. The number of pyridine rings is 3. The number of hydrogen-bond donors (Lipinski definition) is 0. The third-order valence-corrected chi connectivity index (χ3v) is 6.73. The van der Waals surface area contributed by atoms with Crippen LogP contribution in [-0.2, 0) is 0 Å². The number of fused-ring (bicyclic) bond motifs is 4. The van der Waals surface area contributed by atoms with Gasteiger partial charge in [-0.15, -0.1) is 0 Å². The summed E-state index contributed by atoms with van der Waals surface area (Å²) in [6.45, 7) is 0. The highest BCUT2D eigenvalue weighted by Gasteiger charge is 2.12. The molecule has 0 aliphatic carbocycles. The van der Waals surface area contributed by atoms with Gasteiger partial charge in [-0.2, -0.15) is 0 Å². The van der Waals surface area contributed by atoms with E-state index in [0.29, 0.717) is 0 Å². The van der Waals surface area contributed by atoms with Gasteiger partial charge in [0, 0.05) is 33.7 Å². The second-order valence-corrected chi connectivity index (χ2v) is 8.89. The summed E-state index contributed by atoms with van der Waals surface area (Å²) in [7, 11) is 0. The van der Waals surface area contributed by atoms with Crippen LogP contribution in [0.15, 0.2) is 128 Å². The molecule has 0 N–H and O–H groups in total. The Hall–Kier alpha value is -4.89. The largest absolute Gasteiger partial charge is 0.256 e. The van der Waals surface area contributed by atoms with E-state index in [1.54, 1.807) is 0 Å². The van der Waals surface area contributed by atoms with E-state index in [1.165, 1.54) is 0 Å². The summed E-state index contributed by atoms with van der Waals surface area (Å²) >= 11 is 0. The average molecular weight is 460 g/mol. The van der Waals surface area contributed by atoms with E-state index in [-0.39, 0.29) is 0 Å². The van der Waals surface area contributed by atoms with Gasteiger partial charge in [0.25, 0.3) is 0 Å². The molecule has 0 amide bonds. The topological polar surface area (TPSA) is 38.7 Å². The third kappa shape index (κ3) is 3.41. The molecule has 4 aromatic carbocycles. The van der Waals surface area contributed by atoms with Gasteiger partial charge in [0.2, 0.25) is 0 Å². The van der Waals surface area contributed by atoms with Crippen LogP contribution in [0.3, 0.4) is 0 Å². The van der Waals surface area contributed by atoms with Gasteiger partial charge in [-0.05, 0) is 35.0 Å². The minimum absolute atomic E-state index is 0.917. The van der Waals surface area contributed by atoms with Crippen molar-refractivity contribution in [1.29, 1.82) is 0 Å². The third-order valence-electron chi connectivity index (χ3n) is 6.73. The fraction of sp³-hybridized carbons (Fsp3) is 0. The van der Waals surface area contributed by atoms with Crippen molar-refractivity contribution >= 4 is 32.6 Å². The van der Waals surface area contributed by atoms with E-state index in [9.17, 15) is 0 Å². The molecule has 3 aromatic heterocycles. The highest BCUT2D eigenvalue weighted by molar-refractivity contribution is 6.07. The van der Waals surface area contributed by atoms with Crippen LogP contribution < -0.4 is 0 Å². The predicted molar refractivity (Wildman–Crippen MR) is 149 cm³/mol. The quantitative estimate of drug-likeness (QED) is 0.249. The molecule has 0 saturated heterocycles. The molecule has 3 nitrogen and oxygen atoms in total. The van der Waals surface area contributed by atoms with Gasteiger partial charge >= 0.3 is 0 Å². The summed E-state index contributed by atoms with van der Waals surface area (Å²) in [6.07, 6.45) is 1.84. The van der Waals surface area contributed by atoms with Crippen LogP contribution >= 0.6 is 0 Å². The van der Waals surface area contributed by atoms with Crippen LogP contribution in [0, 0.1) is 0 Å². The van der Waals surface area contributed by atoms with Gasteiger partial charge in [-0.25, -0.2) is 9.97 Å². The van der Waals surface area contributed by atoms with E-state index in [1.807, 2.05) is 36.5 Å². The SMILES string of the molecule is c1ccc(-c2ccc3ccc4ccc(-c5cccc6c(-c7ccccn7)cccc56)nc4c3n2)cc1. The summed E-state index contributed by atoms with van der Waals surface area (Å²) < 4.78 is 0. The lowest BCUT2D eigenvalue weighted by atomic mass is 9.96. The highest BCUT2D eigenvalue weighted by Crippen LogP contribution is 2.35. The lowest BCUT2D eigenvalue weighted by Crippen LogP contribution is -1.92. The van der Waals surface area contributed by atoms with Crippen molar-refractivity contribution in [3.8, 4) is 33.8 Å². The Morgan fingerprint density at radius 3 is 1.64 bits per heavy atom. The number of benzene rings is 4. The van der Waals surface area contributed by atoms with Crippen LogP contribution in [0.2, 0.25) is 0 Å². The molecule has 3 heteroatoms. The minimum atomic E-state index is 0.917. The first-order valence-electron chi connectivity index (χ1n) is 12.0. The van der Waals surface area contributed by atoms with E-state index in [4.69, 9.17) is 9.97 Å². The summed E-state index contributed by atoms with van der Waals surface area (Å²) in [5, 5.41) is 4.49. The molecular formula is C33H21N3. The Bertz CT molecular complexity index is 1880. The van der Waals surface area contributed by atoms with E-state index in [0.717, 1.165) is 66.4 Å². The zero-order valence-corrected chi connectivity index (χ0v) is 19.5. The molecule has 0 radical (unpaired) electrons. The summed E-state index contributed by atoms with van der Waals surface area (Å²) in [6, 6.07) is 41.8. The molecular weight excluding hydrogens is 438 g/mol. The van der Waals surface area contributed by atoms with Crippen molar-refractivity contribution in [1.82, 2.24) is 15.0 Å². The second kappa shape index (κ2) is 8.40. The molecule has 7 rings (SSSR count). The zero-order valence-electron chi connectivity index (χ0n) is 19.5. The number of nitrogens with zero attached hydrogens (tertiary/aromatic N) is 3. The molecule has 0 aliphatic rings. The first-order valence-corrected chi connectivity index (χ1v) is 12.0. The summed E-state index contributed by atoms with van der Waals surface area (Å²) in [5.74, 6) is 0. The van der Waals surface area contributed by atoms with Crippen molar-refractivity contribution in [2.45, 2.75) is 0 Å². The maximum absolute atomic E-state index is 5.18. The molecule has 168 valence electrons. The molecule has 36 heavy (non-hydrogen) atoms. The fourth-order valence-corrected chi connectivity index (χ4v) is 4.97. The van der Waals surface area contributed by atoms with Crippen molar-refractivity contribution < 1.29 is 0 Å². The van der Waals surface area contributed by atoms with Crippen LogP contribution in [0.1, 0.15) is 0 Å². The maximum atomic E-state index is 5.18. The minimum Gasteiger partial charge on any atom is -0.256 e. The fourth-order valence-electron chi connectivity index (χ4n) is 4.97. The van der Waals surface area contributed by atoms with Crippen LogP contribution in [0.5, 0.6) is 0 Å². The number of aromatic nitrogens is 3. The molecule has 0 unspecified atom stereocenters. The molecule has 0 atom stereocenters. The van der Waals surface area contributed by atoms with Crippen molar-refractivity contribution in [2.75, 3.05) is 0 Å². The predicted octanol–water partition coefficient (Wildman–Crippen LogP) is 8.33. The lowest BCUT2D eigenvalue weighted by Gasteiger charge is -2.12. The van der Waals surface area contributed by atoms with Crippen molar-refractivity contribution in [3.05, 3.63) is 128 Å². The molecule has 0 aliphatic heterocycles. The van der Waals surface area contributed by atoms with Gasteiger partial charge in [0.15, 0.2) is 0 Å². The first-order chi connectivity index (χ1) is 17.8. The number of hydrogen-bond acceptors (Lipinski definition) is 3. The van der Waals surface area contributed by atoms with E-state index in [2.05, 4.69) is 96.0 Å². The van der Waals surface area contributed by atoms with Gasteiger partial charge < -0.3 is 0 Å². The van der Waals surface area contributed by atoms with E-state index < -0.39 is 0 Å². The molecule has 0 spiro atoms. The van der Waals surface area contributed by atoms with Crippen molar-refractivity contribution in [3.63, 3.8) is 0 Å². The maximum Gasteiger partial charge on any atom is 0.0972 e. The van der Waals surface area contributed by atoms with Crippen LogP contribution in [-0.4, -0.2) is 15.0 Å². The highest BCUT2D eigenvalue weighted by atomic mass is 14.8. The molecule has 0 fully saturated rings. The molecule has 0 bridgehead atoms. The van der Waals surface area contributed by atoms with Gasteiger partial charge in [-0.3, -0.25) is 4.98 Å². The number of rotatable bonds is 3. The normalized spacial score (nSPS) is 11.3. The Morgan fingerprint density at radius 1 is 0.389 bits per heavy atom. The summed E-state index contributed by atoms with van der Waals surface area (Å²) in [5.41, 5.74) is 8.02. The monoisotopic (exact) mass is 459 g/mol.